The zero-order valence-electron chi connectivity index (χ0n) is 4.97. The highest BCUT2D eigenvalue weighted by atomic mass is 35.7. The molecule has 0 aliphatic heterocycles. The molecule has 0 aromatic heterocycles. The van der Waals surface area contributed by atoms with Crippen LogP contribution in [0.25, 0.3) is 0 Å². The van der Waals surface area contributed by atoms with E-state index in [0.717, 1.165) is 0 Å². The summed E-state index contributed by atoms with van der Waals surface area (Å²) in [5.74, 6) is 0. The summed E-state index contributed by atoms with van der Waals surface area (Å²) in [6, 6.07) is 6.66. The van der Waals surface area contributed by atoms with E-state index in [-0.39, 0.29) is 0 Å². The van der Waals surface area contributed by atoms with Crippen LogP contribution in [0.3, 0.4) is 0 Å². The standard InChI is InChI=1S/C6H5Cl2OP/c7-5-1-3-6(4-2-5)10(8)9/h1-4,10H. The molecule has 1 aromatic rings. The Hall–Kier alpha value is 0.0300. The predicted molar refractivity (Wildman–Crippen MR) is 45.9 cm³/mol. The van der Waals surface area contributed by atoms with Crippen molar-refractivity contribution in [1.82, 2.24) is 0 Å². The molecule has 0 spiro atoms. The van der Waals surface area contributed by atoms with Crippen LogP contribution in [-0.4, -0.2) is 0 Å². The fraction of sp³-hybridized carbons (Fsp3) is 0. The SMILES string of the molecule is O=[PH](Cl)c1ccc(Cl)cc1. The van der Waals surface area contributed by atoms with Gasteiger partial charge in [0.2, 0.25) is 0 Å². The van der Waals surface area contributed by atoms with E-state index in [2.05, 4.69) is 0 Å². The van der Waals surface area contributed by atoms with Gasteiger partial charge in [0.1, 0.15) is 0 Å². The molecule has 0 heterocycles. The maximum atomic E-state index is 10.7. The van der Waals surface area contributed by atoms with E-state index >= 15 is 0 Å². The minimum atomic E-state index is -2.07. The van der Waals surface area contributed by atoms with E-state index in [9.17, 15) is 4.57 Å². The lowest BCUT2D eigenvalue weighted by molar-refractivity contribution is 0.600. The molecule has 0 radical (unpaired) electrons. The normalized spacial score (nSPS) is 13.0. The second-order valence-corrected chi connectivity index (χ2v) is 4.37. The molecule has 0 N–H and O–H groups in total. The largest absolute Gasteiger partial charge is 0.305 e. The number of benzene rings is 1. The maximum Gasteiger partial charge on any atom is 0.186 e. The molecule has 1 atom stereocenters. The lowest BCUT2D eigenvalue weighted by Crippen LogP contribution is -1.89. The van der Waals surface area contributed by atoms with Crippen LogP contribution in [0.4, 0.5) is 0 Å². The van der Waals surface area contributed by atoms with Crippen molar-refractivity contribution in [3.63, 3.8) is 0 Å². The molecule has 0 fully saturated rings. The number of halogens is 2. The quantitative estimate of drug-likeness (QED) is 0.629. The van der Waals surface area contributed by atoms with E-state index in [1.165, 1.54) is 0 Å². The van der Waals surface area contributed by atoms with Crippen LogP contribution in [0.5, 0.6) is 0 Å². The molecule has 1 unspecified atom stereocenters. The third kappa shape index (κ3) is 2.02. The summed E-state index contributed by atoms with van der Waals surface area (Å²) in [6.45, 7) is 0. The van der Waals surface area contributed by atoms with E-state index in [4.69, 9.17) is 22.8 Å². The van der Waals surface area contributed by atoms with Crippen molar-refractivity contribution in [1.29, 1.82) is 0 Å². The summed E-state index contributed by atoms with van der Waals surface area (Å²) >= 11 is 10.9. The van der Waals surface area contributed by atoms with Gasteiger partial charge in [0.05, 0.1) is 0 Å². The molecule has 54 valence electrons. The second-order valence-electron chi connectivity index (χ2n) is 1.78. The van der Waals surface area contributed by atoms with Crippen LogP contribution in [0.1, 0.15) is 0 Å². The maximum absolute atomic E-state index is 10.7. The lowest BCUT2D eigenvalue weighted by atomic mass is 10.4. The van der Waals surface area contributed by atoms with Crippen molar-refractivity contribution < 1.29 is 4.57 Å². The second kappa shape index (κ2) is 3.43. The summed E-state index contributed by atoms with van der Waals surface area (Å²) in [7, 11) is -2.07. The topological polar surface area (TPSA) is 17.1 Å². The summed E-state index contributed by atoms with van der Waals surface area (Å²) in [4.78, 5) is 0. The Morgan fingerprint density at radius 2 is 1.70 bits per heavy atom. The summed E-state index contributed by atoms with van der Waals surface area (Å²) < 4.78 is 10.7. The highest BCUT2D eigenvalue weighted by Gasteiger charge is 1.96. The average molecular weight is 195 g/mol. The highest BCUT2D eigenvalue weighted by molar-refractivity contribution is 7.80. The van der Waals surface area contributed by atoms with Gasteiger partial charge in [0, 0.05) is 10.3 Å². The molecule has 0 amide bonds. The number of hydrogen-bond acceptors (Lipinski definition) is 1. The van der Waals surface area contributed by atoms with Crippen LogP contribution in [0.2, 0.25) is 5.02 Å². The summed E-state index contributed by atoms with van der Waals surface area (Å²) in [6.07, 6.45) is 0. The Morgan fingerprint density at radius 1 is 1.20 bits per heavy atom. The minimum absolute atomic E-state index is 0.628. The lowest BCUT2D eigenvalue weighted by Gasteiger charge is -1.92. The van der Waals surface area contributed by atoms with Crippen LogP contribution in [-0.2, 0) is 4.57 Å². The molecule has 0 saturated heterocycles. The van der Waals surface area contributed by atoms with Gasteiger partial charge >= 0.3 is 0 Å². The minimum Gasteiger partial charge on any atom is -0.305 e. The summed E-state index contributed by atoms with van der Waals surface area (Å²) in [5, 5.41) is 1.28. The number of rotatable bonds is 1. The Kier molecular flexibility index (Phi) is 2.79. The first kappa shape index (κ1) is 8.13. The van der Waals surface area contributed by atoms with Gasteiger partial charge in [0.15, 0.2) is 7.15 Å². The molecular formula is C6H5Cl2OP. The molecule has 4 heteroatoms. The molecule has 0 aliphatic carbocycles. The fourth-order valence-electron chi connectivity index (χ4n) is 0.581. The van der Waals surface area contributed by atoms with Gasteiger partial charge < -0.3 is 4.57 Å². The van der Waals surface area contributed by atoms with E-state index in [1.54, 1.807) is 24.3 Å². The van der Waals surface area contributed by atoms with Crippen molar-refractivity contribution in [2.45, 2.75) is 0 Å². The van der Waals surface area contributed by atoms with Crippen LogP contribution >= 0.6 is 30.0 Å². The highest BCUT2D eigenvalue weighted by Crippen LogP contribution is 2.25. The van der Waals surface area contributed by atoms with Crippen molar-refractivity contribution in [3.05, 3.63) is 29.3 Å². The first-order chi connectivity index (χ1) is 4.70. The van der Waals surface area contributed by atoms with Crippen molar-refractivity contribution in [3.8, 4) is 0 Å². The Balaban J connectivity index is 3.00. The van der Waals surface area contributed by atoms with E-state index in [1.807, 2.05) is 0 Å². The number of hydrogen-bond donors (Lipinski definition) is 0. The van der Waals surface area contributed by atoms with E-state index < -0.39 is 7.15 Å². The van der Waals surface area contributed by atoms with Crippen molar-refractivity contribution in [2.75, 3.05) is 0 Å². The smallest absolute Gasteiger partial charge is 0.186 e. The Labute approximate surface area is 69.5 Å². The van der Waals surface area contributed by atoms with E-state index in [0.29, 0.717) is 10.3 Å². The molecule has 1 aromatic carbocycles. The molecule has 1 rings (SSSR count). The molecule has 0 aliphatic rings. The monoisotopic (exact) mass is 194 g/mol. The van der Waals surface area contributed by atoms with Crippen LogP contribution in [0.15, 0.2) is 24.3 Å². The van der Waals surface area contributed by atoms with Gasteiger partial charge in [-0.3, -0.25) is 0 Å². The zero-order valence-corrected chi connectivity index (χ0v) is 7.49. The van der Waals surface area contributed by atoms with Crippen LogP contribution in [0, 0.1) is 0 Å². The predicted octanol–water partition coefficient (Wildman–Crippen LogP) is 2.68. The first-order valence-electron chi connectivity index (χ1n) is 2.65. The molecule has 10 heavy (non-hydrogen) atoms. The molecule has 1 nitrogen and oxygen atoms in total. The van der Waals surface area contributed by atoms with Crippen molar-refractivity contribution >= 4 is 35.3 Å². The average Bonchev–Trinajstić information content (AvgIpc) is 1.88. The van der Waals surface area contributed by atoms with Crippen LogP contribution < -0.4 is 5.30 Å². The molecular weight excluding hydrogens is 190 g/mol. The molecule has 0 bridgehead atoms. The third-order valence-corrected chi connectivity index (χ3v) is 2.77. The van der Waals surface area contributed by atoms with Gasteiger partial charge in [-0.2, -0.15) is 0 Å². The summed E-state index contributed by atoms with van der Waals surface area (Å²) in [5.41, 5.74) is 0. The first-order valence-corrected chi connectivity index (χ1v) is 5.45. The zero-order chi connectivity index (χ0) is 7.56. The third-order valence-electron chi connectivity index (χ3n) is 1.07. The Morgan fingerprint density at radius 3 is 2.10 bits per heavy atom. The van der Waals surface area contributed by atoms with Gasteiger partial charge in [-0.15, -0.1) is 0 Å². The Bertz CT molecular complexity index is 244. The van der Waals surface area contributed by atoms with Gasteiger partial charge in [0.25, 0.3) is 0 Å². The van der Waals surface area contributed by atoms with Gasteiger partial charge in [-0.1, -0.05) is 22.8 Å². The fourth-order valence-corrected chi connectivity index (χ4v) is 1.51. The van der Waals surface area contributed by atoms with Gasteiger partial charge in [-0.05, 0) is 24.3 Å². The van der Waals surface area contributed by atoms with Crippen molar-refractivity contribution in [2.24, 2.45) is 0 Å². The molecule has 0 saturated carbocycles. The van der Waals surface area contributed by atoms with Gasteiger partial charge in [-0.25, -0.2) is 0 Å².